The minimum atomic E-state index is -1.07. The Morgan fingerprint density at radius 1 is 0.647 bits per heavy atom. The number of hydrogen-bond donors (Lipinski definition) is 3. The highest BCUT2D eigenvalue weighted by atomic mass is 16.6. The number of rotatable bonds is 15. The summed E-state index contributed by atoms with van der Waals surface area (Å²) in [6.07, 6.45) is -0.868. The Morgan fingerprint density at radius 3 is 1.57 bits per heavy atom. The van der Waals surface area contributed by atoms with Crippen LogP contribution in [0.5, 0.6) is 0 Å². The molecule has 0 spiro atoms. The standard InChI is InChI=1S/C42H51N3O6/c1-40(2,3)50-30-35(44-39(48)51-41(4,5)6)28-43-36(38(47)49-29-31-19-11-7-12-20-31)27-37(46)45-42(32-21-13-8-14-22-32,33-23-15-9-16-24-33)34-25-17-10-18-26-34/h7-26,35-36,43H,27-30H2,1-6H3,(H,44,48)(H,45,46)/t35?,36-/m0/s1. The number of amides is 2. The van der Waals surface area contributed by atoms with Crippen LogP contribution in [0.4, 0.5) is 4.79 Å². The van der Waals surface area contributed by atoms with Crippen LogP contribution >= 0.6 is 0 Å². The smallest absolute Gasteiger partial charge is 0.407 e. The average Bonchev–Trinajstić information content (AvgIpc) is 3.10. The topological polar surface area (TPSA) is 115 Å². The van der Waals surface area contributed by atoms with E-state index >= 15 is 0 Å². The normalized spacial score (nSPS) is 13.1. The fourth-order valence-corrected chi connectivity index (χ4v) is 5.56. The largest absolute Gasteiger partial charge is 0.460 e. The molecule has 0 saturated heterocycles. The van der Waals surface area contributed by atoms with E-state index < -0.39 is 40.9 Å². The van der Waals surface area contributed by atoms with E-state index in [9.17, 15) is 14.4 Å². The van der Waals surface area contributed by atoms with Crippen LogP contribution in [0.15, 0.2) is 121 Å². The second-order valence-electron chi connectivity index (χ2n) is 14.4. The molecule has 4 aromatic carbocycles. The van der Waals surface area contributed by atoms with Gasteiger partial charge in [0.05, 0.1) is 24.7 Å². The summed E-state index contributed by atoms with van der Waals surface area (Å²) < 4.78 is 17.3. The lowest BCUT2D eigenvalue weighted by Gasteiger charge is -2.37. The number of ether oxygens (including phenoxy) is 3. The van der Waals surface area contributed by atoms with Crippen LogP contribution in [0.1, 0.15) is 70.2 Å². The predicted molar refractivity (Wildman–Crippen MR) is 199 cm³/mol. The lowest BCUT2D eigenvalue weighted by atomic mass is 9.77. The maximum Gasteiger partial charge on any atom is 0.407 e. The second kappa shape index (κ2) is 17.8. The molecular weight excluding hydrogens is 642 g/mol. The van der Waals surface area contributed by atoms with Crippen molar-refractivity contribution in [1.29, 1.82) is 0 Å². The van der Waals surface area contributed by atoms with Crippen LogP contribution in [0.2, 0.25) is 0 Å². The molecule has 51 heavy (non-hydrogen) atoms. The Morgan fingerprint density at radius 2 is 1.12 bits per heavy atom. The van der Waals surface area contributed by atoms with Gasteiger partial charge in [0.1, 0.15) is 23.8 Å². The van der Waals surface area contributed by atoms with Gasteiger partial charge in [0.25, 0.3) is 0 Å². The van der Waals surface area contributed by atoms with Gasteiger partial charge in [-0.2, -0.15) is 0 Å². The van der Waals surface area contributed by atoms with Crippen molar-refractivity contribution in [3.8, 4) is 0 Å². The predicted octanol–water partition coefficient (Wildman–Crippen LogP) is 6.89. The summed E-state index contributed by atoms with van der Waals surface area (Å²) in [7, 11) is 0. The number of benzene rings is 4. The van der Waals surface area contributed by atoms with Crippen LogP contribution in [-0.2, 0) is 35.9 Å². The molecule has 0 aliphatic heterocycles. The van der Waals surface area contributed by atoms with E-state index in [1.165, 1.54) is 0 Å². The van der Waals surface area contributed by atoms with Crippen LogP contribution in [-0.4, -0.2) is 54.4 Å². The third-order valence-corrected chi connectivity index (χ3v) is 7.89. The summed E-state index contributed by atoms with van der Waals surface area (Å²) in [4.78, 5) is 40.9. The highest BCUT2D eigenvalue weighted by Gasteiger charge is 2.39. The maximum absolute atomic E-state index is 14.3. The van der Waals surface area contributed by atoms with Crippen molar-refractivity contribution in [2.24, 2.45) is 0 Å². The van der Waals surface area contributed by atoms with Gasteiger partial charge in [0.15, 0.2) is 0 Å². The summed E-state index contributed by atoms with van der Waals surface area (Å²) in [6.45, 7) is 11.3. The van der Waals surface area contributed by atoms with Crippen molar-refractivity contribution in [1.82, 2.24) is 16.0 Å². The molecule has 0 heterocycles. The molecule has 0 aliphatic rings. The molecule has 0 aromatic heterocycles. The summed E-state index contributed by atoms with van der Waals surface area (Å²) in [5.74, 6) is -0.991. The number of hydrogen-bond acceptors (Lipinski definition) is 7. The monoisotopic (exact) mass is 693 g/mol. The highest BCUT2D eigenvalue weighted by Crippen LogP contribution is 2.37. The molecule has 9 heteroatoms. The zero-order valence-electron chi connectivity index (χ0n) is 30.5. The van der Waals surface area contributed by atoms with Crippen molar-refractivity contribution in [2.75, 3.05) is 13.2 Å². The first-order chi connectivity index (χ1) is 24.2. The molecule has 3 N–H and O–H groups in total. The summed E-state index contributed by atoms with van der Waals surface area (Å²) in [5.41, 5.74) is 1.11. The van der Waals surface area contributed by atoms with Gasteiger partial charge >= 0.3 is 12.1 Å². The number of esters is 1. The first-order valence-corrected chi connectivity index (χ1v) is 17.3. The molecule has 0 aliphatic carbocycles. The van der Waals surface area contributed by atoms with Gasteiger partial charge in [-0.15, -0.1) is 0 Å². The van der Waals surface area contributed by atoms with Crippen LogP contribution in [0, 0.1) is 0 Å². The van der Waals surface area contributed by atoms with E-state index in [1.54, 1.807) is 20.8 Å². The van der Waals surface area contributed by atoms with Gasteiger partial charge in [-0.05, 0) is 63.8 Å². The Bertz CT molecular complexity index is 1570. The van der Waals surface area contributed by atoms with E-state index in [0.717, 1.165) is 22.3 Å². The van der Waals surface area contributed by atoms with Gasteiger partial charge in [-0.3, -0.25) is 9.59 Å². The maximum atomic E-state index is 14.3. The fraction of sp³-hybridized carbons (Fsp3) is 0.357. The molecular formula is C42H51N3O6. The Kier molecular flexibility index (Phi) is 13.5. The van der Waals surface area contributed by atoms with Gasteiger partial charge in [-0.25, -0.2) is 4.79 Å². The van der Waals surface area contributed by atoms with Crippen LogP contribution in [0.25, 0.3) is 0 Å². The van der Waals surface area contributed by atoms with E-state index in [-0.39, 0.29) is 32.1 Å². The highest BCUT2D eigenvalue weighted by molar-refractivity contribution is 5.86. The van der Waals surface area contributed by atoms with E-state index in [0.29, 0.717) is 0 Å². The van der Waals surface area contributed by atoms with E-state index in [4.69, 9.17) is 14.2 Å². The minimum Gasteiger partial charge on any atom is -0.460 e. The number of carbonyl (C=O) groups is 3. The molecule has 0 radical (unpaired) electrons. The molecule has 4 aromatic rings. The quantitative estimate of drug-likeness (QED) is 0.0918. The Labute approximate surface area is 302 Å². The van der Waals surface area contributed by atoms with Crippen molar-refractivity contribution >= 4 is 18.0 Å². The third kappa shape index (κ3) is 12.1. The summed E-state index contributed by atoms with van der Waals surface area (Å²) >= 11 is 0. The molecule has 1 unspecified atom stereocenters. The number of alkyl carbamates (subject to hydrolysis) is 1. The van der Waals surface area contributed by atoms with Gasteiger partial charge < -0.3 is 30.2 Å². The van der Waals surface area contributed by atoms with Crippen LogP contribution < -0.4 is 16.0 Å². The van der Waals surface area contributed by atoms with Gasteiger partial charge in [0.2, 0.25) is 5.91 Å². The molecule has 9 nitrogen and oxygen atoms in total. The van der Waals surface area contributed by atoms with E-state index in [2.05, 4.69) is 16.0 Å². The van der Waals surface area contributed by atoms with Crippen molar-refractivity contribution in [3.05, 3.63) is 144 Å². The average molecular weight is 694 g/mol. The lowest BCUT2D eigenvalue weighted by molar-refractivity contribution is -0.149. The first-order valence-electron chi connectivity index (χ1n) is 17.3. The molecule has 0 saturated carbocycles. The molecule has 0 fully saturated rings. The fourth-order valence-electron chi connectivity index (χ4n) is 5.56. The van der Waals surface area contributed by atoms with Crippen molar-refractivity contribution < 1.29 is 28.6 Å². The van der Waals surface area contributed by atoms with E-state index in [1.807, 2.05) is 142 Å². The van der Waals surface area contributed by atoms with Gasteiger partial charge in [0, 0.05) is 6.54 Å². The minimum absolute atomic E-state index is 0.0359. The SMILES string of the molecule is CC(C)(C)OCC(CN[C@@H](CC(=O)NC(c1ccccc1)(c1ccccc1)c1ccccc1)C(=O)OCc1ccccc1)NC(=O)OC(C)(C)C. The Balaban J connectivity index is 1.64. The number of carbonyl (C=O) groups excluding carboxylic acids is 3. The van der Waals surface area contributed by atoms with Crippen molar-refractivity contribution in [3.63, 3.8) is 0 Å². The second-order valence-corrected chi connectivity index (χ2v) is 14.4. The summed E-state index contributed by atoms with van der Waals surface area (Å²) in [6, 6.07) is 37.0. The molecule has 4 rings (SSSR count). The molecule has 270 valence electrons. The molecule has 2 atom stereocenters. The molecule has 0 bridgehead atoms. The summed E-state index contributed by atoms with van der Waals surface area (Å²) in [5, 5.41) is 9.39. The van der Waals surface area contributed by atoms with Crippen molar-refractivity contribution in [2.45, 2.75) is 83.4 Å². The first kappa shape index (κ1) is 38.8. The lowest BCUT2D eigenvalue weighted by Crippen LogP contribution is -2.53. The van der Waals surface area contributed by atoms with Crippen LogP contribution in [0.3, 0.4) is 0 Å². The number of nitrogens with one attached hydrogen (secondary N) is 3. The van der Waals surface area contributed by atoms with Gasteiger partial charge in [-0.1, -0.05) is 121 Å². The zero-order chi connectivity index (χ0) is 36.9. The Hall–Kier alpha value is -4.99. The molecule has 2 amide bonds. The zero-order valence-corrected chi connectivity index (χ0v) is 30.5. The third-order valence-electron chi connectivity index (χ3n) is 7.89.